The van der Waals surface area contributed by atoms with E-state index in [4.69, 9.17) is 0 Å². The van der Waals surface area contributed by atoms with Crippen molar-refractivity contribution in [2.45, 2.75) is 264 Å². The fourth-order valence-electron chi connectivity index (χ4n) is 10.4. The van der Waals surface area contributed by atoms with E-state index in [1.165, 1.54) is 279 Å². The Balaban J connectivity index is 0.988. The Hall–Kier alpha value is -2.95. The molecule has 0 spiro atoms. The topological polar surface area (TPSA) is 0 Å². The lowest BCUT2D eigenvalue weighted by atomic mass is 10.0. The van der Waals surface area contributed by atoms with Gasteiger partial charge in [-0.2, -0.15) is 0 Å². The van der Waals surface area contributed by atoms with Gasteiger partial charge in [0.15, 0.2) is 0 Å². The lowest BCUT2D eigenvalue weighted by Gasteiger charge is -2.27. The molecule has 0 saturated carbocycles. The quantitative estimate of drug-likeness (QED) is 0.0301. The molecular formula is C68H108P+. The van der Waals surface area contributed by atoms with Gasteiger partial charge in [-0.25, -0.2) is 0 Å². The van der Waals surface area contributed by atoms with Gasteiger partial charge in [-0.1, -0.05) is 257 Å². The zero-order valence-corrected chi connectivity index (χ0v) is 46.1. The molecule has 1 heteroatoms. The van der Waals surface area contributed by atoms with Crippen molar-refractivity contribution in [2.75, 3.05) is 6.16 Å². The second kappa shape index (κ2) is 46.1. The van der Waals surface area contributed by atoms with Crippen molar-refractivity contribution < 1.29 is 0 Å². The highest BCUT2D eigenvalue weighted by molar-refractivity contribution is 7.95. The predicted octanol–water partition coefficient (Wildman–Crippen LogP) is 21.8. The third-order valence-electron chi connectivity index (χ3n) is 14.7. The first-order chi connectivity index (χ1) is 34.4. The SMILES string of the molecule is C/C=C/CCCCCCCCCC/C=C/CCCCCCCCCC/C=C/CCCCCCCCCC/C=C/CCCCCCCCCCC[P+](c1ccccc1)(c1ccccc1)c1ccccc1. The highest BCUT2D eigenvalue weighted by atomic mass is 31.2. The van der Waals surface area contributed by atoms with Crippen LogP contribution in [0, 0.1) is 0 Å². The molecule has 0 bridgehead atoms. The average Bonchev–Trinajstić information content (AvgIpc) is 3.39. The molecule has 0 aliphatic carbocycles. The lowest BCUT2D eigenvalue weighted by molar-refractivity contribution is 0.566. The van der Waals surface area contributed by atoms with E-state index >= 15 is 0 Å². The minimum absolute atomic E-state index is 1.26. The predicted molar refractivity (Wildman–Crippen MR) is 317 cm³/mol. The van der Waals surface area contributed by atoms with Gasteiger partial charge in [-0.3, -0.25) is 0 Å². The highest BCUT2D eigenvalue weighted by Gasteiger charge is 2.44. The molecule has 0 aromatic heterocycles. The summed E-state index contributed by atoms with van der Waals surface area (Å²) >= 11 is 0. The lowest BCUT2D eigenvalue weighted by Crippen LogP contribution is -2.33. The standard InChI is InChI=1S/C68H108P/c1-2-3-4-5-6-7-8-9-10-11-12-13-14-15-16-17-18-19-20-21-22-23-24-25-26-27-28-29-30-31-32-33-34-35-36-37-38-39-40-41-42-43-44-45-46-47-48-58-65-69(66-59-52-49-53-60-66,67-61-54-50-55-62-67)68-63-56-51-57-64-68/h2-3,14-15,26-27,38-39,49-57,59-64H,4-13,16-25,28-37,40-48,58,65H2,1H3/q+1/b3-2+,15-14+,27-26+,39-38+. The molecule has 0 N–H and O–H groups in total. The van der Waals surface area contributed by atoms with Crippen molar-refractivity contribution in [2.24, 2.45) is 0 Å². The molecule has 384 valence electrons. The summed E-state index contributed by atoms with van der Waals surface area (Å²) in [7, 11) is -1.67. The van der Waals surface area contributed by atoms with E-state index in [1.54, 1.807) is 0 Å². The van der Waals surface area contributed by atoms with Gasteiger partial charge in [0.1, 0.15) is 23.2 Å². The third kappa shape index (κ3) is 31.9. The van der Waals surface area contributed by atoms with E-state index in [1.807, 2.05) is 0 Å². The number of allylic oxidation sites excluding steroid dienone is 8. The van der Waals surface area contributed by atoms with Gasteiger partial charge >= 0.3 is 0 Å². The zero-order chi connectivity index (χ0) is 48.5. The van der Waals surface area contributed by atoms with Gasteiger partial charge in [0, 0.05) is 0 Å². The van der Waals surface area contributed by atoms with Crippen LogP contribution >= 0.6 is 7.26 Å². The molecule has 0 aliphatic heterocycles. The second-order valence-corrected chi connectivity index (χ2v) is 24.3. The van der Waals surface area contributed by atoms with Gasteiger partial charge in [0.25, 0.3) is 0 Å². The first-order valence-corrected chi connectivity index (χ1v) is 32.0. The maximum Gasteiger partial charge on any atom is 0.112 e. The van der Waals surface area contributed by atoms with Crippen LogP contribution in [0.3, 0.4) is 0 Å². The third-order valence-corrected chi connectivity index (χ3v) is 19.2. The number of rotatable bonds is 48. The Labute approximate surface area is 430 Å². The Morgan fingerprint density at radius 3 is 0.638 bits per heavy atom. The highest BCUT2D eigenvalue weighted by Crippen LogP contribution is 2.56. The molecule has 0 heterocycles. The Morgan fingerprint density at radius 1 is 0.232 bits per heavy atom. The maximum atomic E-state index is 2.47. The molecule has 0 radical (unpaired) electrons. The molecule has 0 atom stereocenters. The number of unbranched alkanes of at least 4 members (excludes halogenated alkanes) is 36. The van der Waals surface area contributed by atoms with Gasteiger partial charge in [0.05, 0.1) is 6.16 Å². The summed E-state index contributed by atoms with van der Waals surface area (Å²) in [6, 6.07) is 34.2. The number of hydrogen-bond acceptors (Lipinski definition) is 0. The summed E-state index contributed by atoms with van der Waals surface area (Å²) in [6.45, 7) is 2.13. The summed E-state index contributed by atoms with van der Waals surface area (Å²) < 4.78 is 0. The first-order valence-electron chi connectivity index (χ1n) is 30.0. The minimum Gasteiger partial charge on any atom is -0.0917 e. The van der Waals surface area contributed by atoms with Crippen LogP contribution in [0.1, 0.15) is 264 Å². The molecule has 0 unspecified atom stereocenters. The molecule has 3 aromatic rings. The molecule has 3 aromatic carbocycles. The largest absolute Gasteiger partial charge is 0.112 e. The van der Waals surface area contributed by atoms with Crippen LogP contribution < -0.4 is 15.9 Å². The molecule has 0 aliphatic rings. The van der Waals surface area contributed by atoms with Crippen LogP contribution in [-0.2, 0) is 0 Å². The van der Waals surface area contributed by atoms with Crippen LogP contribution in [-0.4, -0.2) is 6.16 Å². The maximum absolute atomic E-state index is 2.47. The number of hydrogen-bond donors (Lipinski definition) is 0. The fraction of sp³-hybridized carbons (Fsp3) is 0.618. The Bertz CT molecular complexity index is 1520. The minimum atomic E-state index is -1.67. The average molecular weight is 957 g/mol. The molecule has 0 fully saturated rings. The van der Waals surface area contributed by atoms with Gasteiger partial charge in [0.2, 0.25) is 0 Å². The van der Waals surface area contributed by atoms with Gasteiger partial charge in [-0.05, 0) is 146 Å². The summed E-state index contributed by atoms with van der Waals surface area (Å²) in [5.74, 6) is 0. The van der Waals surface area contributed by atoms with Crippen LogP contribution in [0.15, 0.2) is 140 Å². The van der Waals surface area contributed by atoms with Crippen molar-refractivity contribution in [3.05, 3.63) is 140 Å². The van der Waals surface area contributed by atoms with E-state index in [0.717, 1.165) is 0 Å². The first kappa shape index (κ1) is 60.4. The van der Waals surface area contributed by atoms with Crippen LogP contribution in [0.4, 0.5) is 0 Å². The van der Waals surface area contributed by atoms with Gasteiger partial charge < -0.3 is 0 Å². The summed E-state index contributed by atoms with van der Waals surface area (Å²) in [6.07, 6.45) is 76.1. The molecule has 3 rings (SSSR count). The van der Waals surface area contributed by atoms with E-state index in [0.29, 0.717) is 0 Å². The summed E-state index contributed by atoms with van der Waals surface area (Å²) in [5.41, 5.74) is 0. The fourth-order valence-corrected chi connectivity index (χ4v) is 14.8. The van der Waals surface area contributed by atoms with Crippen molar-refractivity contribution in [3.63, 3.8) is 0 Å². The van der Waals surface area contributed by atoms with Crippen LogP contribution in [0.2, 0.25) is 0 Å². The second-order valence-electron chi connectivity index (χ2n) is 20.7. The summed E-state index contributed by atoms with van der Waals surface area (Å²) in [5, 5.41) is 4.56. The van der Waals surface area contributed by atoms with Crippen LogP contribution in [0.25, 0.3) is 0 Å². The van der Waals surface area contributed by atoms with E-state index < -0.39 is 7.26 Å². The Kier molecular flexibility index (Phi) is 40.4. The molecule has 69 heavy (non-hydrogen) atoms. The monoisotopic (exact) mass is 956 g/mol. The number of benzene rings is 3. The summed E-state index contributed by atoms with van der Waals surface area (Å²) in [4.78, 5) is 0. The van der Waals surface area contributed by atoms with E-state index in [-0.39, 0.29) is 0 Å². The van der Waals surface area contributed by atoms with Gasteiger partial charge in [-0.15, -0.1) is 0 Å². The zero-order valence-electron chi connectivity index (χ0n) is 45.2. The molecule has 0 nitrogen and oxygen atoms in total. The van der Waals surface area contributed by atoms with Crippen molar-refractivity contribution >= 4 is 23.2 Å². The smallest absolute Gasteiger partial charge is 0.0917 e. The molecule has 0 saturated heterocycles. The van der Waals surface area contributed by atoms with Crippen molar-refractivity contribution in [1.82, 2.24) is 0 Å². The molecule has 0 amide bonds. The van der Waals surface area contributed by atoms with E-state index in [2.05, 4.69) is 147 Å². The van der Waals surface area contributed by atoms with Crippen molar-refractivity contribution in [3.8, 4) is 0 Å². The molecular weight excluding hydrogens is 848 g/mol. The van der Waals surface area contributed by atoms with E-state index in [9.17, 15) is 0 Å². The normalized spacial score (nSPS) is 12.2. The van der Waals surface area contributed by atoms with Crippen molar-refractivity contribution in [1.29, 1.82) is 0 Å². The Morgan fingerprint density at radius 2 is 0.420 bits per heavy atom. The van der Waals surface area contributed by atoms with Crippen LogP contribution in [0.5, 0.6) is 0 Å².